The second kappa shape index (κ2) is 26.4. The molecule has 1 aromatic heterocycles. The Bertz CT molecular complexity index is 2340. The van der Waals surface area contributed by atoms with Gasteiger partial charge in [-0.15, -0.1) is 0 Å². The van der Waals surface area contributed by atoms with Crippen LogP contribution >= 0.6 is 23.4 Å². The Morgan fingerprint density at radius 1 is 0.862 bits per heavy atom. The second-order valence-corrected chi connectivity index (χ2v) is 19.1. The molecule has 3 aromatic carbocycles. The van der Waals surface area contributed by atoms with Gasteiger partial charge in [0.15, 0.2) is 0 Å². The molecule has 1 saturated heterocycles. The van der Waals surface area contributed by atoms with Crippen LogP contribution in [0, 0.1) is 5.82 Å². The Hall–Kier alpha value is -3.91. The number of H-pyrrole nitrogens is 1. The molecule has 7 atom stereocenters. The quantitative estimate of drug-likeness (QED) is 0.0451. The van der Waals surface area contributed by atoms with Crippen LogP contribution in [0.25, 0.3) is 10.8 Å². The number of fused-ring (bicyclic) bond motifs is 1. The lowest BCUT2D eigenvalue weighted by atomic mass is 10.1. The van der Waals surface area contributed by atoms with Crippen LogP contribution in [-0.2, 0) is 47.7 Å². The zero-order valence-electron chi connectivity index (χ0n) is 37.5. The fourth-order valence-electron chi connectivity index (χ4n) is 6.14. The highest BCUT2D eigenvalue weighted by Crippen LogP contribution is 2.68. The standard InChI is InChI=1S/C29H31FN3O15P3.2C6H15N/c1-18(28(36)43-16-19-8-3-2-4-9-19)32-49(38,46-24-13-7-11-20-10-5-6-12-21(20)24)47-51(41,42)48-50(39,40)44-17-25-23(34)14-26(45-25)33-15-22(30)27(35)31-29(33)37;2*1-4-7(5-2)6-3/h2-13,15,18,23,25-26,34H,14,16-17H2,1H3,(H,32,38)(H,39,40)(H,41,42)(H,31,35,37);2*4-6H2,1-3H3/t18-,23-,25+,26+,49?;;/m0../s1. The van der Waals surface area contributed by atoms with E-state index in [0.29, 0.717) is 27.1 Å². The molecule has 20 nitrogen and oxygen atoms in total. The predicted molar refractivity (Wildman–Crippen MR) is 242 cm³/mol. The Morgan fingerprint density at radius 3 is 2.02 bits per heavy atom. The average Bonchev–Trinajstić information content (AvgIpc) is 3.64. The third-order valence-electron chi connectivity index (χ3n) is 9.84. The van der Waals surface area contributed by atoms with Crippen LogP contribution in [0.3, 0.4) is 0 Å². The fraction of sp³-hybridized carbons (Fsp3) is 0.488. The number of aromatic nitrogens is 2. The number of ether oxygens (including phenoxy) is 2. The number of phosphoric ester groups is 1. The molecule has 1 fully saturated rings. The van der Waals surface area contributed by atoms with Gasteiger partial charge in [0.2, 0.25) is 5.82 Å². The summed E-state index contributed by atoms with van der Waals surface area (Å²) in [6.07, 6.45) is -4.11. The van der Waals surface area contributed by atoms with Crippen LogP contribution in [0.2, 0.25) is 0 Å². The van der Waals surface area contributed by atoms with Crippen molar-refractivity contribution in [3.05, 3.63) is 111 Å². The van der Waals surface area contributed by atoms with E-state index < -0.39 is 77.5 Å². The maximum absolute atomic E-state index is 14.1. The average molecular weight is 976 g/mol. The van der Waals surface area contributed by atoms with E-state index in [-0.39, 0.29) is 18.8 Å². The van der Waals surface area contributed by atoms with Crippen LogP contribution in [0.4, 0.5) is 4.39 Å². The summed E-state index contributed by atoms with van der Waals surface area (Å²) < 4.78 is 84.2. The summed E-state index contributed by atoms with van der Waals surface area (Å²) in [5, 5.41) is 13.5. The molecular weight excluding hydrogens is 914 g/mol. The fourth-order valence-corrected chi connectivity index (χ4v) is 10.6. The van der Waals surface area contributed by atoms with E-state index in [4.69, 9.17) is 22.8 Å². The minimum atomic E-state index is -5.90. The van der Waals surface area contributed by atoms with Gasteiger partial charge in [-0.05, 0) is 63.2 Å². The lowest BCUT2D eigenvalue weighted by Crippen LogP contribution is -2.34. The van der Waals surface area contributed by atoms with Gasteiger partial charge in [-0.1, -0.05) is 108 Å². The van der Waals surface area contributed by atoms with Crippen LogP contribution in [0.1, 0.15) is 66.7 Å². The number of nitrogens with one attached hydrogen (secondary N) is 2. The summed E-state index contributed by atoms with van der Waals surface area (Å²) in [5.74, 6) is -2.44. The Morgan fingerprint density at radius 2 is 1.43 bits per heavy atom. The van der Waals surface area contributed by atoms with E-state index >= 15 is 0 Å². The third kappa shape index (κ3) is 18.0. The van der Waals surface area contributed by atoms with Gasteiger partial charge in [0, 0.05) is 11.8 Å². The SMILES string of the molecule is CCN(CC)CC.CCN(CC)CC.C[C@H](NP(=O)(Oc1cccc2ccccc12)OP(=O)(O)OP(=O)(O)OC[C@H]1O[C@@H](n2cc(F)c(=O)[nH]c2=O)C[C@@H]1O)C(=O)OCc1ccccc1. The van der Waals surface area contributed by atoms with Crippen LogP contribution in [-0.4, -0.2) is 104 Å². The summed E-state index contributed by atoms with van der Waals surface area (Å²) in [5.41, 5.74) is -1.73. The van der Waals surface area contributed by atoms with E-state index in [9.17, 15) is 47.4 Å². The van der Waals surface area contributed by atoms with Crippen molar-refractivity contribution in [1.29, 1.82) is 0 Å². The molecular formula is C41H61FN5O15P3. The normalized spacial score (nSPS) is 19.2. The first-order valence-electron chi connectivity index (χ1n) is 21.0. The zero-order valence-corrected chi connectivity index (χ0v) is 40.2. The molecule has 24 heteroatoms. The number of benzene rings is 3. The number of hydrogen-bond donors (Lipinski definition) is 5. The molecule has 0 spiro atoms. The first kappa shape index (κ1) is 55.4. The number of aromatic amines is 1. The smallest absolute Gasteiger partial charge is 0.460 e. The molecule has 0 radical (unpaired) electrons. The second-order valence-electron chi connectivity index (χ2n) is 14.2. The molecule has 3 unspecified atom stereocenters. The van der Waals surface area contributed by atoms with E-state index in [0.717, 1.165) is 0 Å². The highest BCUT2D eigenvalue weighted by atomic mass is 31.3. The molecule has 362 valence electrons. The highest BCUT2D eigenvalue weighted by molar-refractivity contribution is 7.68. The Kier molecular flexibility index (Phi) is 22.5. The highest BCUT2D eigenvalue weighted by Gasteiger charge is 2.46. The van der Waals surface area contributed by atoms with Gasteiger partial charge in [0.1, 0.15) is 30.7 Å². The van der Waals surface area contributed by atoms with Crippen molar-refractivity contribution < 1.29 is 64.9 Å². The number of hydrogen-bond acceptors (Lipinski definition) is 15. The van der Waals surface area contributed by atoms with Crippen molar-refractivity contribution in [2.75, 3.05) is 45.9 Å². The van der Waals surface area contributed by atoms with E-state index in [2.05, 4.69) is 60.7 Å². The van der Waals surface area contributed by atoms with Crippen molar-refractivity contribution in [3.8, 4) is 5.75 Å². The monoisotopic (exact) mass is 975 g/mol. The number of phosphoric acid groups is 2. The van der Waals surface area contributed by atoms with Crippen molar-refractivity contribution in [2.24, 2.45) is 0 Å². The molecule has 65 heavy (non-hydrogen) atoms. The number of aliphatic hydroxyl groups excluding tert-OH is 1. The molecule has 0 amide bonds. The van der Waals surface area contributed by atoms with Crippen LogP contribution in [0.15, 0.2) is 88.6 Å². The molecule has 2 heterocycles. The maximum atomic E-state index is 14.1. The van der Waals surface area contributed by atoms with Gasteiger partial charge in [-0.2, -0.15) is 18.1 Å². The number of halogens is 1. The summed E-state index contributed by atoms with van der Waals surface area (Å²) in [4.78, 5) is 63.4. The number of nitrogens with zero attached hydrogens (tertiary/aromatic N) is 3. The van der Waals surface area contributed by atoms with Crippen molar-refractivity contribution >= 4 is 40.1 Å². The number of aliphatic hydroxyl groups is 1. The van der Waals surface area contributed by atoms with Gasteiger partial charge < -0.3 is 38.7 Å². The number of carbonyl (C=O) groups is 1. The zero-order chi connectivity index (χ0) is 48.4. The minimum absolute atomic E-state index is 0.138. The van der Waals surface area contributed by atoms with Crippen molar-refractivity contribution in [1.82, 2.24) is 24.4 Å². The molecule has 1 aliphatic rings. The lowest BCUT2D eigenvalue weighted by molar-refractivity contribution is -0.146. The van der Waals surface area contributed by atoms with Gasteiger partial charge in [0.25, 0.3) is 5.56 Å². The molecule has 0 aliphatic carbocycles. The molecule has 5 rings (SSSR count). The number of rotatable bonds is 21. The van der Waals surface area contributed by atoms with Gasteiger partial charge >= 0.3 is 35.1 Å². The molecule has 0 bridgehead atoms. The van der Waals surface area contributed by atoms with E-state index in [1.807, 2.05) is 0 Å². The molecule has 0 saturated carbocycles. The maximum Gasteiger partial charge on any atom is 0.490 e. The third-order valence-corrected chi connectivity index (χ3v) is 14.8. The molecule has 1 aliphatic heterocycles. The molecule has 5 N–H and O–H groups in total. The van der Waals surface area contributed by atoms with Crippen molar-refractivity contribution in [3.63, 3.8) is 0 Å². The Balaban J connectivity index is 0.000000693. The molecule has 4 aromatic rings. The van der Waals surface area contributed by atoms with Gasteiger partial charge in [0.05, 0.1) is 18.9 Å². The van der Waals surface area contributed by atoms with Crippen LogP contribution in [0.5, 0.6) is 5.75 Å². The number of carbonyl (C=O) groups excluding carboxylic acids is 1. The minimum Gasteiger partial charge on any atom is -0.460 e. The van der Waals surface area contributed by atoms with E-state index in [1.54, 1.807) is 65.6 Å². The topological polar surface area (TPSA) is 258 Å². The largest absolute Gasteiger partial charge is 0.490 e. The van der Waals surface area contributed by atoms with Crippen LogP contribution < -0.4 is 20.9 Å². The van der Waals surface area contributed by atoms with E-state index in [1.165, 1.54) is 58.3 Å². The summed E-state index contributed by atoms with van der Waals surface area (Å²) in [6, 6.07) is 18.2. The Labute approximate surface area is 377 Å². The van der Waals surface area contributed by atoms with Crippen molar-refractivity contribution in [2.45, 2.75) is 86.0 Å². The first-order valence-corrected chi connectivity index (χ1v) is 25.5. The number of esters is 1. The predicted octanol–water partition coefficient (Wildman–Crippen LogP) is 6.33. The summed E-state index contributed by atoms with van der Waals surface area (Å²) in [6.45, 7) is 20.3. The lowest BCUT2D eigenvalue weighted by Gasteiger charge is -2.25. The summed E-state index contributed by atoms with van der Waals surface area (Å²) >= 11 is 0. The first-order chi connectivity index (χ1) is 30.7. The summed E-state index contributed by atoms with van der Waals surface area (Å²) in [7, 11) is -16.7. The van der Waals surface area contributed by atoms with Gasteiger partial charge in [-0.3, -0.25) is 23.7 Å². The van der Waals surface area contributed by atoms with Gasteiger partial charge in [-0.25, -0.2) is 18.5 Å².